The van der Waals surface area contributed by atoms with Crippen LogP contribution in [0, 0.1) is 0 Å². The van der Waals surface area contributed by atoms with E-state index >= 15 is 0 Å². The van der Waals surface area contributed by atoms with E-state index in [1.807, 2.05) is 48.5 Å². The smallest absolute Gasteiger partial charge is 0.407 e. The van der Waals surface area contributed by atoms with Gasteiger partial charge in [-0.25, -0.2) is 4.79 Å². The molecule has 2 unspecified atom stereocenters. The number of halogens is 1. The summed E-state index contributed by atoms with van der Waals surface area (Å²) in [5, 5.41) is 11.7. The Hall–Kier alpha value is -3.46. The Morgan fingerprint density at radius 3 is 2.38 bits per heavy atom. The molecular weight excluding hydrogens is 443 g/mol. The van der Waals surface area contributed by atoms with Gasteiger partial charge in [0.2, 0.25) is 5.91 Å². The molecule has 0 saturated carbocycles. The van der Waals surface area contributed by atoms with Crippen molar-refractivity contribution in [2.24, 2.45) is 0 Å². The number of rotatable bonds is 8. The number of carboxylic acids is 1. The van der Waals surface area contributed by atoms with Crippen molar-refractivity contribution in [1.82, 2.24) is 10.2 Å². The normalized spacial score (nSPS) is 18.0. The Morgan fingerprint density at radius 2 is 1.76 bits per heavy atom. The summed E-state index contributed by atoms with van der Waals surface area (Å²) in [6.07, 6.45) is -1.76. The zero-order valence-electron chi connectivity index (χ0n) is 18.6. The third-order valence-electron chi connectivity index (χ3n) is 6.19. The summed E-state index contributed by atoms with van der Waals surface area (Å²) in [5.41, 5.74) is 4.26. The van der Waals surface area contributed by atoms with Crippen LogP contribution in [-0.2, 0) is 19.1 Å². The fraction of sp³-hybridized carbons (Fsp3) is 0.400. The molecule has 4 rings (SSSR count). The van der Waals surface area contributed by atoms with Gasteiger partial charge in [0.15, 0.2) is 0 Å². The van der Waals surface area contributed by atoms with Crippen molar-refractivity contribution in [2.75, 3.05) is 33.0 Å². The Bertz CT molecular complexity index is 1010. The monoisotopic (exact) mass is 470 g/mol. The average Bonchev–Trinajstić information content (AvgIpc) is 3.16. The maximum absolute atomic E-state index is 12.9. The maximum Gasteiger partial charge on any atom is 0.407 e. The van der Waals surface area contributed by atoms with E-state index in [1.54, 1.807) is 0 Å². The quantitative estimate of drug-likeness (QED) is 0.615. The summed E-state index contributed by atoms with van der Waals surface area (Å²) in [6.45, 7) is 0.0731. The van der Waals surface area contributed by atoms with Crippen molar-refractivity contribution in [2.45, 2.75) is 30.9 Å². The van der Waals surface area contributed by atoms with Gasteiger partial charge >= 0.3 is 12.1 Å². The predicted octanol–water partition coefficient (Wildman–Crippen LogP) is 2.96. The minimum atomic E-state index is -1.29. The lowest BCUT2D eigenvalue weighted by molar-refractivity contribution is -0.146. The van der Waals surface area contributed by atoms with E-state index in [0.717, 1.165) is 22.3 Å². The van der Waals surface area contributed by atoms with Crippen molar-refractivity contribution in [3.05, 3.63) is 59.7 Å². The van der Waals surface area contributed by atoms with Crippen LogP contribution in [0.15, 0.2) is 48.5 Å². The van der Waals surface area contributed by atoms with Crippen LogP contribution in [0.5, 0.6) is 0 Å². The lowest BCUT2D eigenvalue weighted by Crippen LogP contribution is -2.54. The summed E-state index contributed by atoms with van der Waals surface area (Å²) in [6, 6.07) is 14.5. The molecular formula is C25H27FN2O6. The number of hydrogen-bond acceptors (Lipinski definition) is 5. The minimum Gasteiger partial charge on any atom is -0.481 e. The number of ether oxygens (including phenoxy) is 2. The summed E-state index contributed by atoms with van der Waals surface area (Å²) in [4.78, 5) is 38.3. The van der Waals surface area contributed by atoms with Crippen molar-refractivity contribution >= 4 is 18.0 Å². The van der Waals surface area contributed by atoms with Crippen molar-refractivity contribution < 1.29 is 33.4 Å². The van der Waals surface area contributed by atoms with E-state index in [-0.39, 0.29) is 38.6 Å². The number of nitrogens with one attached hydrogen (secondary N) is 1. The summed E-state index contributed by atoms with van der Waals surface area (Å²) in [7, 11) is 0. The second-order valence-electron chi connectivity index (χ2n) is 8.38. The first-order chi connectivity index (χ1) is 16.5. The number of fused-ring (bicyclic) bond motifs is 3. The average molecular weight is 470 g/mol. The maximum atomic E-state index is 12.9. The van der Waals surface area contributed by atoms with Gasteiger partial charge in [0.05, 0.1) is 25.8 Å². The lowest BCUT2D eigenvalue weighted by atomic mass is 9.98. The fourth-order valence-corrected chi connectivity index (χ4v) is 4.59. The second-order valence-corrected chi connectivity index (χ2v) is 8.38. The van der Waals surface area contributed by atoms with Gasteiger partial charge in [-0.1, -0.05) is 48.5 Å². The van der Waals surface area contributed by atoms with Gasteiger partial charge in [-0.2, -0.15) is 0 Å². The molecule has 2 aliphatic rings. The SMILES string of the molecule is O=C(O)CC(NC(=O)OCC1c2ccccc2-c2ccccc21)C(=O)N1CCOC(CCF)C1. The topological polar surface area (TPSA) is 105 Å². The predicted molar refractivity (Wildman–Crippen MR) is 121 cm³/mol. The number of aliphatic carboxylic acids is 1. The van der Waals surface area contributed by atoms with Crippen LogP contribution < -0.4 is 5.32 Å². The molecule has 9 heteroatoms. The fourth-order valence-electron chi connectivity index (χ4n) is 4.59. The molecule has 1 aliphatic carbocycles. The molecule has 0 bridgehead atoms. The molecule has 180 valence electrons. The van der Waals surface area contributed by atoms with E-state index < -0.39 is 43.2 Å². The molecule has 2 N–H and O–H groups in total. The molecule has 1 fully saturated rings. The number of amides is 2. The highest BCUT2D eigenvalue weighted by Crippen LogP contribution is 2.44. The number of alkyl carbamates (subject to hydrolysis) is 1. The molecule has 0 aromatic heterocycles. The zero-order valence-corrected chi connectivity index (χ0v) is 18.6. The van der Waals surface area contributed by atoms with E-state index in [0.29, 0.717) is 0 Å². The summed E-state index contributed by atoms with van der Waals surface area (Å²) in [5.74, 6) is -1.94. The lowest BCUT2D eigenvalue weighted by Gasteiger charge is -2.34. The first-order valence-corrected chi connectivity index (χ1v) is 11.3. The third-order valence-corrected chi connectivity index (χ3v) is 6.19. The molecule has 1 saturated heterocycles. The number of carbonyl (C=O) groups is 3. The minimum absolute atomic E-state index is 0.0456. The number of carboxylic acid groups (broad SMARTS) is 1. The number of hydrogen-bond donors (Lipinski definition) is 2. The van der Waals surface area contributed by atoms with Crippen LogP contribution in [0.25, 0.3) is 11.1 Å². The highest BCUT2D eigenvalue weighted by Gasteiger charge is 2.33. The number of alkyl halides is 1. The van der Waals surface area contributed by atoms with Gasteiger partial charge in [0.25, 0.3) is 0 Å². The van der Waals surface area contributed by atoms with E-state index in [2.05, 4.69) is 5.32 Å². The number of carbonyl (C=O) groups excluding carboxylic acids is 2. The molecule has 2 aromatic rings. The molecule has 0 radical (unpaired) electrons. The molecule has 8 nitrogen and oxygen atoms in total. The third kappa shape index (κ3) is 5.20. The molecule has 1 heterocycles. The largest absolute Gasteiger partial charge is 0.481 e. The van der Waals surface area contributed by atoms with Crippen molar-refractivity contribution in [1.29, 1.82) is 0 Å². The van der Waals surface area contributed by atoms with Gasteiger partial charge in [-0.15, -0.1) is 0 Å². The molecule has 1 aliphatic heterocycles. The number of morpholine rings is 1. The van der Waals surface area contributed by atoms with Crippen LogP contribution >= 0.6 is 0 Å². The van der Waals surface area contributed by atoms with Crippen LogP contribution in [0.4, 0.5) is 9.18 Å². The Morgan fingerprint density at radius 1 is 1.12 bits per heavy atom. The van der Waals surface area contributed by atoms with Crippen LogP contribution in [-0.4, -0.2) is 73.1 Å². The molecule has 2 aromatic carbocycles. The Kier molecular flexibility index (Phi) is 7.42. The van der Waals surface area contributed by atoms with Crippen molar-refractivity contribution in [3.8, 4) is 11.1 Å². The molecule has 0 spiro atoms. The first kappa shape index (κ1) is 23.7. The van der Waals surface area contributed by atoms with Crippen LogP contribution in [0.3, 0.4) is 0 Å². The highest BCUT2D eigenvalue weighted by atomic mass is 19.1. The van der Waals surface area contributed by atoms with Gasteiger partial charge in [-0.3, -0.25) is 14.0 Å². The van der Waals surface area contributed by atoms with E-state index in [9.17, 15) is 23.9 Å². The van der Waals surface area contributed by atoms with Crippen LogP contribution in [0.2, 0.25) is 0 Å². The molecule has 2 amide bonds. The Balaban J connectivity index is 1.41. The first-order valence-electron chi connectivity index (χ1n) is 11.3. The Labute approximate surface area is 196 Å². The number of nitrogens with zero attached hydrogens (tertiary/aromatic N) is 1. The summed E-state index contributed by atoms with van der Waals surface area (Å²) < 4.78 is 23.6. The van der Waals surface area contributed by atoms with E-state index in [1.165, 1.54) is 4.90 Å². The van der Waals surface area contributed by atoms with Gasteiger partial charge < -0.3 is 24.8 Å². The van der Waals surface area contributed by atoms with E-state index in [4.69, 9.17) is 9.47 Å². The summed E-state index contributed by atoms with van der Waals surface area (Å²) >= 11 is 0. The van der Waals surface area contributed by atoms with Gasteiger partial charge in [-0.05, 0) is 22.3 Å². The molecule has 2 atom stereocenters. The highest BCUT2D eigenvalue weighted by molar-refractivity contribution is 5.89. The number of benzene rings is 2. The zero-order chi connectivity index (χ0) is 24.1. The van der Waals surface area contributed by atoms with Gasteiger partial charge in [0, 0.05) is 25.4 Å². The second kappa shape index (κ2) is 10.6. The van der Waals surface area contributed by atoms with Crippen LogP contribution in [0.1, 0.15) is 29.9 Å². The van der Waals surface area contributed by atoms with Crippen molar-refractivity contribution in [3.63, 3.8) is 0 Å². The molecule has 34 heavy (non-hydrogen) atoms. The standard InChI is InChI=1S/C25H27FN2O6/c26-10-9-16-14-28(11-12-33-16)24(31)22(13-23(29)30)27-25(32)34-15-21-19-7-3-1-5-17(19)18-6-2-4-8-20(18)21/h1-8,16,21-22H,9-15H2,(H,27,32)(H,29,30). The van der Waals surface area contributed by atoms with Gasteiger partial charge in [0.1, 0.15) is 12.6 Å².